The number of aryl methyl sites for hydroxylation is 1. The predicted octanol–water partition coefficient (Wildman–Crippen LogP) is 4.00. The fourth-order valence-electron chi connectivity index (χ4n) is 5.08. The topological polar surface area (TPSA) is 88.3 Å². The minimum atomic E-state index is -0.705. The van der Waals surface area contributed by atoms with Crippen LogP contribution in [-0.2, 0) is 16.1 Å². The Kier molecular flexibility index (Phi) is 7.14. The number of carbonyl (C=O) groups is 2. The molecule has 32 heavy (non-hydrogen) atoms. The third-order valence-electron chi connectivity index (χ3n) is 6.64. The van der Waals surface area contributed by atoms with Crippen LogP contribution in [0.3, 0.4) is 0 Å². The largest absolute Gasteiger partial charge is 0.481 e. The molecule has 0 radical (unpaired) electrons. The molecule has 1 aliphatic carbocycles. The second kappa shape index (κ2) is 10.4. The highest BCUT2D eigenvalue weighted by Crippen LogP contribution is 2.39. The van der Waals surface area contributed by atoms with E-state index in [1.807, 2.05) is 65.6 Å². The smallest absolute Gasteiger partial charge is 0.306 e. The van der Waals surface area contributed by atoms with E-state index in [1.165, 1.54) is 0 Å². The molecule has 2 aromatic carbocycles. The number of amides is 1. The lowest BCUT2D eigenvalue weighted by Crippen LogP contribution is -2.54. The molecule has 1 saturated carbocycles. The van der Waals surface area contributed by atoms with E-state index in [2.05, 4.69) is 10.3 Å². The molecule has 1 amide bonds. The number of hydrogen-bond donors (Lipinski definition) is 1. The van der Waals surface area contributed by atoms with Gasteiger partial charge in [-0.15, -0.1) is 5.10 Å². The summed E-state index contributed by atoms with van der Waals surface area (Å²) in [5, 5.41) is 17.8. The summed E-state index contributed by atoms with van der Waals surface area (Å²) in [6.45, 7) is 1.05. The molecule has 1 saturated heterocycles. The van der Waals surface area contributed by atoms with Crippen molar-refractivity contribution in [2.45, 2.75) is 51.1 Å². The second-order valence-corrected chi connectivity index (χ2v) is 8.54. The van der Waals surface area contributed by atoms with Gasteiger partial charge in [0, 0.05) is 19.0 Å². The molecular weight excluding hydrogens is 404 g/mol. The standard InChI is InChI=1S/C19H24N4O3.C6H6/c24-18(10-12-23-17-8-4-2-6-15(17)20-21-23)22-11-9-14(19(25)26)13-5-1-3-7-16(13)22;1-2-4-6-5-3-1/h2,4,6,8,13-14,16H,1,3,5,7,9-12H2,(H,25,26);1-6H. The average Bonchev–Trinajstić information content (AvgIpc) is 3.26. The van der Waals surface area contributed by atoms with Gasteiger partial charge in [-0.25, -0.2) is 4.68 Å². The van der Waals surface area contributed by atoms with Gasteiger partial charge in [0.25, 0.3) is 0 Å². The lowest BCUT2D eigenvalue weighted by molar-refractivity contribution is -0.153. The van der Waals surface area contributed by atoms with Gasteiger partial charge in [0.05, 0.1) is 18.0 Å². The highest BCUT2D eigenvalue weighted by atomic mass is 16.4. The van der Waals surface area contributed by atoms with Crippen molar-refractivity contribution >= 4 is 22.9 Å². The maximum absolute atomic E-state index is 12.9. The molecule has 3 atom stereocenters. The molecule has 2 aliphatic rings. The third kappa shape index (κ3) is 4.98. The van der Waals surface area contributed by atoms with Gasteiger partial charge in [-0.05, 0) is 37.3 Å². The Hall–Kier alpha value is -3.22. The maximum atomic E-state index is 12.9. The van der Waals surface area contributed by atoms with Crippen LogP contribution < -0.4 is 0 Å². The quantitative estimate of drug-likeness (QED) is 0.671. The number of carbonyl (C=O) groups excluding carboxylic acids is 1. The Morgan fingerprint density at radius 2 is 1.62 bits per heavy atom. The number of benzene rings is 2. The fourth-order valence-corrected chi connectivity index (χ4v) is 5.08. The van der Waals surface area contributed by atoms with Gasteiger partial charge in [-0.2, -0.15) is 0 Å². The summed E-state index contributed by atoms with van der Waals surface area (Å²) >= 11 is 0. The van der Waals surface area contributed by atoms with Crippen molar-refractivity contribution in [2.24, 2.45) is 11.8 Å². The first-order valence-electron chi connectivity index (χ1n) is 11.5. The van der Waals surface area contributed by atoms with Crippen molar-refractivity contribution in [3.05, 3.63) is 60.7 Å². The first kappa shape index (κ1) is 22.0. The number of nitrogens with zero attached hydrogens (tertiary/aromatic N) is 4. The van der Waals surface area contributed by atoms with Crippen LogP contribution >= 0.6 is 0 Å². The number of aliphatic carboxylic acids is 1. The number of piperidine rings is 1. The first-order chi connectivity index (χ1) is 15.6. The average molecular weight is 435 g/mol. The molecule has 2 fully saturated rings. The number of para-hydroxylation sites is 1. The molecule has 3 unspecified atom stereocenters. The highest BCUT2D eigenvalue weighted by molar-refractivity contribution is 5.78. The van der Waals surface area contributed by atoms with Gasteiger partial charge in [0.2, 0.25) is 5.91 Å². The summed E-state index contributed by atoms with van der Waals surface area (Å²) in [5.74, 6) is -0.803. The number of carboxylic acids is 1. The Morgan fingerprint density at radius 1 is 0.938 bits per heavy atom. The van der Waals surface area contributed by atoms with Crippen molar-refractivity contribution < 1.29 is 14.7 Å². The zero-order chi connectivity index (χ0) is 22.3. The van der Waals surface area contributed by atoms with Gasteiger partial charge in [0.1, 0.15) is 5.52 Å². The van der Waals surface area contributed by atoms with Gasteiger partial charge in [-0.1, -0.05) is 66.6 Å². The fraction of sp³-hybridized carbons (Fsp3) is 0.440. The molecule has 7 heteroatoms. The van der Waals surface area contributed by atoms with Crippen molar-refractivity contribution in [3.63, 3.8) is 0 Å². The first-order valence-corrected chi connectivity index (χ1v) is 11.5. The van der Waals surface area contributed by atoms with Crippen molar-refractivity contribution in [1.82, 2.24) is 19.9 Å². The van der Waals surface area contributed by atoms with E-state index < -0.39 is 5.97 Å². The Bertz CT molecular complexity index is 1010. The molecule has 3 aromatic rings. The zero-order valence-corrected chi connectivity index (χ0v) is 18.2. The zero-order valence-electron chi connectivity index (χ0n) is 18.2. The van der Waals surface area contributed by atoms with E-state index >= 15 is 0 Å². The van der Waals surface area contributed by atoms with Crippen LogP contribution in [0.25, 0.3) is 11.0 Å². The molecule has 7 nitrogen and oxygen atoms in total. The number of carboxylic acid groups (broad SMARTS) is 1. The summed E-state index contributed by atoms with van der Waals surface area (Å²) in [4.78, 5) is 26.4. The van der Waals surface area contributed by atoms with Crippen LogP contribution in [0.1, 0.15) is 38.5 Å². The van der Waals surface area contributed by atoms with E-state index in [0.29, 0.717) is 25.9 Å². The van der Waals surface area contributed by atoms with Crippen molar-refractivity contribution in [3.8, 4) is 0 Å². The van der Waals surface area contributed by atoms with Gasteiger partial charge in [0.15, 0.2) is 0 Å². The van der Waals surface area contributed by atoms with Crippen LogP contribution in [0, 0.1) is 11.8 Å². The summed E-state index contributed by atoms with van der Waals surface area (Å²) in [7, 11) is 0. The summed E-state index contributed by atoms with van der Waals surface area (Å²) in [6.07, 6.45) is 4.91. The van der Waals surface area contributed by atoms with Crippen LogP contribution in [0.15, 0.2) is 60.7 Å². The number of rotatable bonds is 4. The van der Waals surface area contributed by atoms with Gasteiger partial charge >= 0.3 is 5.97 Å². The van der Waals surface area contributed by atoms with E-state index in [4.69, 9.17) is 0 Å². The highest BCUT2D eigenvalue weighted by Gasteiger charge is 2.43. The molecule has 5 rings (SSSR count). The Morgan fingerprint density at radius 3 is 2.34 bits per heavy atom. The van der Waals surface area contributed by atoms with Gasteiger partial charge < -0.3 is 10.0 Å². The van der Waals surface area contributed by atoms with Crippen LogP contribution in [0.2, 0.25) is 0 Å². The maximum Gasteiger partial charge on any atom is 0.306 e. The molecule has 2 heterocycles. The van der Waals surface area contributed by atoms with E-state index in [9.17, 15) is 14.7 Å². The molecular formula is C25H30N4O3. The third-order valence-corrected chi connectivity index (χ3v) is 6.64. The molecule has 0 bridgehead atoms. The number of fused-ring (bicyclic) bond motifs is 2. The summed E-state index contributed by atoms with van der Waals surface area (Å²) in [5.41, 5.74) is 1.76. The minimum absolute atomic E-state index is 0.0820. The van der Waals surface area contributed by atoms with Crippen LogP contribution in [0.5, 0.6) is 0 Å². The lowest BCUT2D eigenvalue weighted by Gasteiger charge is -2.46. The second-order valence-electron chi connectivity index (χ2n) is 8.54. The monoisotopic (exact) mass is 434 g/mol. The number of aromatic nitrogens is 3. The summed E-state index contributed by atoms with van der Waals surface area (Å²) in [6, 6.07) is 19.8. The Balaban J connectivity index is 0.000000354. The van der Waals surface area contributed by atoms with Crippen LogP contribution in [0.4, 0.5) is 0 Å². The van der Waals surface area contributed by atoms with Gasteiger partial charge in [-0.3, -0.25) is 9.59 Å². The predicted molar refractivity (Wildman–Crippen MR) is 122 cm³/mol. The lowest BCUT2D eigenvalue weighted by atomic mass is 9.72. The molecule has 0 spiro atoms. The van der Waals surface area contributed by atoms with Crippen LogP contribution in [-0.4, -0.2) is 49.5 Å². The normalized spacial score (nSPS) is 22.5. The number of hydrogen-bond acceptors (Lipinski definition) is 4. The van der Waals surface area contributed by atoms with E-state index in [-0.39, 0.29) is 23.8 Å². The molecule has 1 aromatic heterocycles. The minimum Gasteiger partial charge on any atom is -0.481 e. The van der Waals surface area contributed by atoms with E-state index in [0.717, 1.165) is 36.7 Å². The molecule has 1 N–H and O–H groups in total. The van der Waals surface area contributed by atoms with E-state index in [1.54, 1.807) is 4.68 Å². The molecule has 1 aliphatic heterocycles. The SMILES string of the molecule is O=C(O)C1CCN(C(=O)CCn2nnc3ccccc32)C2CCCCC12.c1ccccc1. The Labute approximate surface area is 188 Å². The van der Waals surface area contributed by atoms with Crippen molar-refractivity contribution in [1.29, 1.82) is 0 Å². The summed E-state index contributed by atoms with van der Waals surface area (Å²) < 4.78 is 1.77. The number of likely N-dealkylation sites (tertiary alicyclic amines) is 1. The van der Waals surface area contributed by atoms with Crippen molar-refractivity contribution in [2.75, 3.05) is 6.54 Å². The molecule has 168 valence electrons.